The molecule has 0 spiro atoms. The third-order valence-electron chi connectivity index (χ3n) is 1.29. The van der Waals surface area contributed by atoms with Crippen molar-refractivity contribution in [2.75, 3.05) is 7.05 Å². The maximum atomic E-state index is 8.92. The van der Waals surface area contributed by atoms with Crippen LogP contribution in [0.2, 0.25) is 0 Å². The first-order valence-electron chi connectivity index (χ1n) is 2.55. The lowest BCUT2D eigenvalue weighted by atomic mass is 10.5. The van der Waals surface area contributed by atoms with E-state index < -0.39 is 12.5 Å². The molecule has 0 amide bonds. The first-order chi connectivity index (χ1) is 4.13. The number of hydrogen-bond acceptors (Lipinski definition) is 5. The molecule has 0 aromatic rings. The highest BCUT2D eigenvalue weighted by Gasteiger charge is 2.28. The highest BCUT2D eigenvalue weighted by molar-refractivity contribution is 5.79. The fourth-order valence-corrected chi connectivity index (χ4v) is 0.629. The average Bonchev–Trinajstić information content (AvgIpc) is 1.98. The molecule has 2 atom stereocenters. The van der Waals surface area contributed by atoms with E-state index in [1.54, 1.807) is 7.05 Å². The summed E-state index contributed by atoms with van der Waals surface area (Å²) in [5, 5.41) is 17.7. The minimum atomic E-state index is -1.09. The van der Waals surface area contributed by atoms with Gasteiger partial charge in [-0.25, -0.2) is 4.99 Å². The fourth-order valence-electron chi connectivity index (χ4n) is 0.629. The lowest BCUT2D eigenvalue weighted by Crippen LogP contribution is -2.39. The molecule has 4 N–H and O–H groups in total. The van der Waals surface area contributed by atoms with Crippen LogP contribution in [0.15, 0.2) is 4.99 Å². The molecule has 0 fully saturated rings. The van der Waals surface area contributed by atoms with Crippen LogP contribution in [-0.2, 0) is 0 Å². The van der Waals surface area contributed by atoms with Gasteiger partial charge in [-0.2, -0.15) is 0 Å². The number of aliphatic hydroxyl groups excluding tert-OH is 2. The van der Waals surface area contributed by atoms with Gasteiger partial charge < -0.3 is 20.8 Å². The van der Waals surface area contributed by atoms with E-state index in [0.717, 1.165) is 0 Å². The van der Waals surface area contributed by atoms with Crippen molar-refractivity contribution in [3.63, 3.8) is 0 Å². The molecule has 1 heterocycles. The molecule has 0 unspecified atom stereocenters. The van der Waals surface area contributed by atoms with Crippen LogP contribution < -0.4 is 5.73 Å². The predicted octanol–water partition coefficient (Wildman–Crippen LogP) is -2.12. The standard InChI is InChI=1S/C4H9N3O2/c1-7-3(9)2(8)6-4(7)5/h2-3,8-9H,1H3,(H2,5,6)/t2-,3+/m0/s1. The van der Waals surface area contributed by atoms with E-state index in [-0.39, 0.29) is 5.96 Å². The molecule has 1 aliphatic heterocycles. The van der Waals surface area contributed by atoms with Crippen LogP contribution in [0.25, 0.3) is 0 Å². The van der Waals surface area contributed by atoms with Crippen molar-refractivity contribution in [1.29, 1.82) is 0 Å². The quantitative estimate of drug-likeness (QED) is 0.351. The Morgan fingerprint density at radius 3 is 2.33 bits per heavy atom. The van der Waals surface area contributed by atoms with E-state index in [2.05, 4.69) is 4.99 Å². The summed E-state index contributed by atoms with van der Waals surface area (Å²) >= 11 is 0. The Morgan fingerprint density at radius 2 is 2.22 bits per heavy atom. The van der Waals surface area contributed by atoms with E-state index in [0.29, 0.717) is 0 Å². The number of nitrogens with two attached hydrogens (primary N) is 1. The van der Waals surface area contributed by atoms with Crippen LogP contribution in [0.5, 0.6) is 0 Å². The minimum absolute atomic E-state index is 0.162. The summed E-state index contributed by atoms with van der Waals surface area (Å²) < 4.78 is 0. The summed E-state index contributed by atoms with van der Waals surface area (Å²) in [6.45, 7) is 0. The van der Waals surface area contributed by atoms with Gasteiger partial charge in [0, 0.05) is 7.05 Å². The molecule has 0 aliphatic carbocycles. The Kier molecular flexibility index (Phi) is 1.30. The first kappa shape index (κ1) is 6.31. The zero-order valence-electron chi connectivity index (χ0n) is 5.02. The van der Waals surface area contributed by atoms with E-state index in [4.69, 9.17) is 15.9 Å². The minimum Gasteiger partial charge on any atom is -0.370 e. The van der Waals surface area contributed by atoms with Crippen molar-refractivity contribution < 1.29 is 10.2 Å². The van der Waals surface area contributed by atoms with Gasteiger partial charge in [-0.05, 0) is 0 Å². The largest absolute Gasteiger partial charge is 0.370 e. The van der Waals surface area contributed by atoms with Crippen LogP contribution in [0, 0.1) is 0 Å². The van der Waals surface area contributed by atoms with Gasteiger partial charge >= 0.3 is 0 Å². The van der Waals surface area contributed by atoms with E-state index >= 15 is 0 Å². The summed E-state index contributed by atoms with van der Waals surface area (Å²) in [4.78, 5) is 4.77. The van der Waals surface area contributed by atoms with E-state index in [1.807, 2.05) is 0 Å². The molecule has 5 nitrogen and oxygen atoms in total. The Hall–Kier alpha value is -0.810. The van der Waals surface area contributed by atoms with Crippen LogP contribution in [0.4, 0.5) is 0 Å². The Balaban J connectivity index is 2.70. The van der Waals surface area contributed by atoms with Crippen LogP contribution >= 0.6 is 0 Å². The second kappa shape index (κ2) is 1.85. The Morgan fingerprint density at radius 1 is 1.67 bits per heavy atom. The van der Waals surface area contributed by atoms with Crippen molar-refractivity contribution in [3.8, 4) is 0 Å². The topological polar surface area (TPSA) is 82.1 Å². The third-order valence-corrected chi connectivity index (χ3v) is 1.29. The molecule has 0 radical (unpaired) electrons. The van der Waals surface area contributed by atoms with Crippen molar-refractivity contribution >= 4 is 5.96 Å². The molecule has 0 saturated heterocycles. The number of aliphatic hydroxyl groups is 2. The summed E-state index contributed by atoms with van der Waals surface area (Å²) in [7, 11) is 1.56. The molecule has 0 aromatic heterocycles. The summed E-state index contributed by atoms with van der Waals surface area (Å²) in [6.07, 6.45) is -2.07. The zero-order valence-corrected chi connectivity index (χ0v) is 5.02. The molecular formula is C4H9N3O2. The van der Waals surface area contributed by atoms with Crippen LogP contribution in [0.1, 0.15) is 0 Å². The van der Waals surface area contributed by atoms with Crippen molar-refractivity contribution in [3.05, 3.63) is 0 Å². The number of hydrogen-bond donors (Lipinski definition) is 3. The monoisotopic (exact) mass is 131 g/mol. The maximum absolute atomic E-state index is 8.92. The highest BCUT2D eigenvalue weighted by Crippen LogP contribution is 2.07. The van der Waals surface area contributed by atoms with Gasteiger partial charge in [0.1, 0.15) is 0 Å². The average molecular weight is 131 g/mol. The molecule has 0 saturated carbocycles. The highest BCUT2D eigenvalue weighted by atomic mass is 16.4. The third kappa shape index (κ3) is 0.839. The number of guanidine groups is 1. The smallest absolute Gasteiger partial charge is 0.195 e. The SMILES string of the molecule is CN1C(N)=N[C@@H](O)[C@H]1O. The number of aliphatic imine (C=N–C) groups is 1. The van der Waals surface area contributed by atoms with Crippen LogP contribution in [-0.4, -0.2) is 40.6 Å². The van der Waals surface area contributed by atoms with Crippen molar-refractivity contribution in [1.82, 2.24) is 4.90 Å². The second-order valence-electron chi connectivity index (χ2n) is 1.93. The van der Waals surface area contributed by atoms with E-state index in [1.165, 1.54) is 4.90 Å². The second-order valence-corrected chi connectivity index (χ2v) is 1.93. The van der Waals surface area contributed by atoms with Gasteiger partial charge in [-0.15, -0.1) is 0 Å². The van der Waals surface area contributed by atoms with Gasteiger partial charge in [0.05, 0.1) is 0 Å². The number of likely N-dealkylation sites (N-methyl/N-ethyl adjacent to an activating group) is 1. The van der Waals surface area contributed by atoms with E-state index in [9.17, 15) is 0 Å². The normalized spacial score (nSPS) is 35.0. The van der Waals surface area contributed by atoms with Crippen molar-refractivity contribution in [2.45, 2.75) is 12.5 Å². The molecule has 1 rings (SSSR count). The molecule has 0 bridgehead atoms. The summed E-state index contributed by atoms with van der Waals surface area (Å²) in [5.74, 6) is 0.162. The van der Waals surface area contributed by atoms with Gasteiger partial charge in [-0.1, -0.05) is 0 Å². The van der Waals surface area contributed by atoms with Gasteiger partial charge in [0.15, 0.2) is 18.4 Å². The first-order valence-corrected chi connectivity index (χ1v) is 2.55. The predicted molar refractivity (Wildman–Crippen MR) is 31.4 cm³/mol. The molecule has 5 heteroatoms. The molecule has 52 valence electrons. The zero-order chi connectivity index (χ0) is 7.02. The van der Waals surface area contributed by atoms with Gasteiger partial charge in [0.2, 0.25) is 0 Å². The number of rotatable bonds is 0. The lowest BCUT2D eigenvalue weighted by Gasteiger charge is -2.16. The molecule has 0 aromatic carbocycles. The van der Waals surface area contributed by atoms with Gasteiger partial charge in [-0.3, -0.25) is 0 Å². The van der Waals surface area contributed by atoms with Crippen molar-refractivity contribution in [2.24, 2.45) is 10.7 Å². The summed E-state index contributed by atoms with van der Waals surface area (Å²) in [5.41, 5.74) is 5.22. The maximum Gasteiger partial charge on any atom is 0.195 e. The Bertz CT molecular complexity index is 147. The lowest BCUT2D eigenvalue weighted by molar-refractivity contribution is -0.0221. The molecular weight excluding hydrogens is 122 g/mol. The fraction of sp³-hybridized carbons (Fsp3) is 0.750. The van der Waals surface area contributed by atoms with Gasteiger partial charge in [0.25, 0.3) is 0 Å². The molecule has 9 heavy (non-hydrogen) atoms. The van der Waals surface area contributed by atoms with Crippen LogP contribution in [0.3, 0.4) is 0 Å². The summed E-state index contributed by atoms with van der Waals surface area (Å²) in [6, 6.07) is 0. The number of nitrogens with zero attached hydrogens (tertiary/aromatic N) is 2. The molecule has 1 aliphatic rings. The Labute approximate surface area is 52.4 Å².